The first kappa shape index (κ1) is 9.98. The van der Waals surface area contributed by atoms with E-state index in [0.29, 0.717) is 0 Å². The van der Waals surface area contributed by atoms with E-state index in [2.05, 4.69) is 10.3 Å². The van der Waals surface area contributed by atoms with Crippen molar-refractivity contribution in [3.8, 4) is 0 Å². The van der Waals surface area contributed by atoms with Gasteiger partial charge in [-0.3, -0.25) is 0 Å². The van der Waals surface area contributed by atoms with E-state index in [0.717, 1.165) is 29.2 Å². The maximum Gasteiger partial charge on any atom is 0.0795 e. The van der Waals surface area contributed by atoms with Gasteiger partial charge in [-0.2, -0.15) is 0 Å². The van der Waals surface area contributed by atoms with Gasteiger partial charge in [0.05, 0.1) is 17.7 Å². The Kier molecular flexibility index (Phi) is 2.87. The first-order valence-corrected chi connectivity index (χ1v) is 5.67. The second-order valence-electron chi connectivity index (χ2n) is 3.40. The monoisotopic (exact) mass is 219 g/mol. The van der Waals surface area contributed by atoms with Crippen LogP contribution >= 0.6 is 11.3 Å². The molecule has 3 N–H and O–H groups in total. The largest absolute Gasteiger partial charge is 0.398 e. The summed E-state index contributed by atoms with van der Waals surface area (Å²) in [6, 6.07) is 5.98. The molecular weight excluding hydrogens is 206 g/mol. The van der Waals surface area contributed by atoms with Crippen LogP contribution in [0.1, 0.15) is 11.3 Å². The van der Waals surface area contributed by atoms with Crippen LogP contribution in [0.2, 0.25) is 0 Å². The smallest absolute Gasteiger partial charge is 0.0795 e. The summed E-state index contributed by atoms with van der Waals surface area (Å²) in [6.45, 7) is 2.74. The first-order valence-electron chi connectivity index (χ1n) is 4.73. The molecule has 2 aromatic rings. The molecule has 0 aliphatic rings. The van der Waals surface area contributed by atoms with Crippen molar-refractivity contribution in [3.63, 3.8) is 0 Å². The molecule has 0 radical (unpaired) electrons. The summed E-state index contributed by atoms with van der Waals surface area (Å²) in [5, 5.41) is 5.31. The highest BCUT2D eigenvalue weighted by Crippen LogP contribution is 2.17. The van der Waals surface area contributed by atoms with Crippen molar-refractivity contribution in [1.29, 1.82) is 0 Å². The lowest BCUT2D eigenvalue weighted by molar-refractivity contribution is 1.07. The summed E-state index contributed by atoms with van der Waals surface area (Å²) in [7, 11) is 0. The quantitative estimate of drug-likeness (QED) is 0.780. The van der Waals surface area contributed by atoms with E-state index in [4.69, 9.17) is 5.73 Å². The lowest BCUT2D eigenvalue weighted by Crippen LogP contribution is -2.00. The number of nitrogens with zero attached hydrogens (tertiary/aromatic N) is 1. The maximum atomic E-state index is 5.82. The fourth-order valence-electron chi connectivity index (χ4n) is 1.27. The molecule has 15 heavy (non-hydrogen) atoms. The number of nitrogens with two attached hydrogens (primary N) is 1. The molecule has 3 nitrogen and oxygen atoms in total. The van der Waals surface area contributed by atoms with Gasteiger partial charge in [-0.15, -0.1) is 11.3 Å². The van der Waals surface area contributed by atoms with Gasteiger partial charge in [0.25, 0.3) is 0 Å². The fourth-order valence-corrected chi connectivity index (χ4v) is 1.83. The molecule has 0 unspecified atom stereocenters. The molecule has 0 atom stereocenters. The maximum absolute atomic E-state index is 5.82. The van der Waals surface area contributed by atoms with Crippen LogP contribution in [0.3, 0.4) is 0 Å². The number of aryl methyl sites for hydroxylation is 1. The van der Waals surface area contributed by atoms with Crippen molar-refractivity contribution < 1.29 is 0 Å². The summed E-state index contributed by atoms with van der Waals surface area (Å²) in [5.41, 5.74) is 11.7. The Balaban J connectivity index is 2.02. The number of nitrogen functional groups attached to an aromatic ring is 1. The number of anilines is 2. The minimum absolute atomic E-state index is 0.742. The zero-order valence-corrected chi connectivity index (χ0v) is 9.34. The summed E-state index contributed by atoms with van der Waals surface area (Å²) in [4.78, 5) is 4.20. The van der Waals surface area contributed by atoms with Crippen LogP contribution < -0.4 is 11.1 Å². The minimum atomic E-state index is 0.742. The van der Waals surface area contributed by atoms with Crippen LogP contribution in [-0.4, -0.2) is 4.98 Å². The van der Waals surface area contributed by atoms with Crippen molar-refractivity contribution in [2.75, 3.05) is 11.1 Å². The van der Waals surface area contributed by atoms with Gasteiger partial charge in [0.15, 0.2) is 0 Å². The number of hydrogen-bond acceptors (Lipinski definition) is 4. The molecule has 1 aromatic heterocycles. The van der Waals surface area contributed by atoms with Crippen molar-refractivity contribution in [2.24, 2.45) is 0 Å². The van der Waals surface area contributed by atoms with Crippen LogP contribution in [0, 0.1) is 6.92 Å². The summed E-state index contributed by atoms with van der Waals surface area (Å²) in [6.07, 6.45) is 0. The Morgan fingerprint density at radius 1 is 1.47 bits per heavy atom. The SMILES string of the molecule is Cc1ccc(NCc2cscn2)cc1N. The third-order valence-corrected chi connectivity index (χ3v) is 2.87. The Morgan fingerprint density at radius 3 is 3.00 bits per heavy atom. The zero-order valence-electron chi connectivity index (χ0n) is 8.53. The molecule has 0 amide bonds. The van der Waals surface area contributed by atoms with Crippen molar-refractivity contribution in [1.82, 2.24) is 4.98 Å². The average molecular weight is 219 g/mol. The average Bonchev–Trinajstić information content (AvgIpc) is 2.73. The third kappa shape index (κ3) is 2.47. The van der Waals surface area contributed by atoms with Gasteiger partial charge in [-0.05, 0) is 24.6 Å². The van der Waals surface area contributed by atoms with Gasteiger partial charge in [-0.1, -0.05) is 6.07 Å². The molecule has 4 heteroatoms. The van der Waals surface area contributed by atoms with Gasteiger partial charge in [0.2, 0.25) is 0 Å². The van der Waals surface area contributed by atoms with Gasteiger partial charge in [-0.25, -0.2) is 4.98 Å². The highest BCUT2D eigenvalue weighted by molar-refractivity contribution is 7.07. The molecule has 0 saturated heterocycles. The van der Waals surface area contributed by atoms with Crippen LogP contribution in [-0.2, 0) is 6.54 Å². The summed E-state index contributed by atoms with van der Waals surface area (Å²) >= 11 is 1.60. The second-order valence-corrected chi connectivity index (χ2v) is 4.12. The van der Waals surface area contributed by atoms with E-state index < -0.39 is 0 Å². The van der Waals surface area contributed by atoms with Crippen LogP contribution in [0.4, 0.5) is 11.4 Å². The topological polar surface area (TPSA) is 50.9 Å². The Hall–Kier alpha value is -1.55. The van der Waals surface area contributed by atoms with Crippen LogP contribution in [0.15, 0.2) is 29.1 Å². The molecular formula is C11H13N3S. The Morgan fingerprint density at radius 2 is 2.33 bits per heavy atom. The number of benzene rings is 1. The van der Waals surface area contributed by atoms with Crippen LogP contribution in [0.5, 0.6) is 0 Å². The van der Waals surface area contributed by atoms with E-state index in [-0.39, 0.29) is 0 Å². The highest BCUT2D eigenvalue weighted by Gasteiger charge is 1.97. The van der Waals surface area contributed by atoms with Gasteiger partial charge >= 0.3 is 0 Å². The van der Waals surface area contributed by atoms with Gasteiger partial charge in [0, 0.05) is 16.8 Å². The predicted octanol–water partition coefficient (Wildman–Crippen LogP) is 2.65. The lowest BCUT2D eigenvalue weighted by atomic mass is 10.2. The van der Waals surface area contributed by atoms with Crippen molar-refractivity contribution >= 4 is 22.7 Å². The zero-order chi connectivity index (χ0) is 10.7. The second kappa shape index (κ2) is 4.31. The van der Waals surface area contributed by atoms with Gasteiger partial charge < -0.3 is 11.1 Å². The van der Waals surface area contributed by atoms with E-state index >= 15 is 0 Å². The predicted molar refractivity (Wildman–Crippen MR) is 65.0 cm³/mol. The number of nitrogens with one attached hydrogen (secondary N) is 1. The molecule has 0 spiro atoms. The molecule has 1 heterocycles. The Bertz CT molecular complexity index is 437. The van der Waals surface area contributed by atoms with E-state index in [9.17, 15) is 0 Å². The van der Waals surface area contributed by atoms with Gasteiger partial charge in [0.1, 0.15) is 0 Å². The number of rotatable bonds is 3. The summed E-state index contributed by atoms with van der Waals surface area (Å²) in [5.74, 6) is 0. The minimum Gasteiger partial charge on any atom is -0.398 e. The third-order valence-electron chi connectivity index (χ3n) is 2.24. The number of aromatic nitrogens is 1. The molecule has 0 saturated carbocycles. The van der Waals surface area contributed by atoms with Crippen LogP contribution in [0.25, 0.3) is 0 Å². The molecule has 0 aliphatic heterocycles. The standard InChI is InChI=1S/C11H13N3S/c1-8-2-3-9(4-11(8)12)13-5-10-6-15-7-14-10/h2-4,6-7,13H,5,12H2,1H3. The molecule has 2 rings (SSSR count). The normalized spacial score (nSPS) is 10.2. The van der Waals surface area contributed by atoms with E-state index in [1.165, 1.54) is 0 Å². The van der Waals surface area contributed by atoms with Crippen molar-refractivity contribution in [3.05, 3.63) is 40.3 Å². The lowest BCUT2D eigenvalue weighted by Gasteiger charge is -2.06. The molecule has 1 aromatic carbocycles. The van der Waals surface area contributed by atoms with E-state index in [1.807, 2.05) is 36.0 Å². The Labute approximate surface area is 93.0 Å². The highest BCUT2D eigenvalue weighted by atomic mass is 32.1. The van der Waals surface area contributed by atoms with E-state index in [1.54, 1.807) is 11.3 Å². The number of thiazole rings is 1. The molecule has 78 valence electrons. The molecule has 0 aliphatic carbocycles. The fraction of sp³-hybridized carbons (Fsp3) is 0.182. The van der Waals surface area contributed by atoms with Crippen molar-refractivity contribution in [2.45, 2.75) is 13.5 Å². The molecule has 0 fully saturated rings. The molecule has 0 bridgehead atoms. The number of hydrogen-bond donors (Lipinski definition) is 2. The first-order chi connectivity index (χ1) is 7.25. The summed E-state index contributed by atoms with van der Waals surface area (Å²) < 4.78 is 0.